The summed E-state index contributed by atoms with van der Waals surface area (Å²) in [4.78, 5) is 10.6. The summed E-state index contributed by atoms with van der Waals surface area (Å²) in [5.41, 5.74) is 3.37. The predicted molar refractivity (Wildman–Crippen MR) is 108 cm³/mol. The first-order valence-electron chi connectivity index (χ1n) is 8.75. The maximum atomic E-state index is 14.1. The molecule has 0 aliphatic rings. The lowest BCUT2D eigenvalue weighted by molar-refractivity contribution is -0.384. The molecule has 0 saturated heterocycles. The number of aromatic nitrogens is 1. The van der Waals surface area contributed by atoms with E-state index >= 15 is 0 Å². The van der Waals surface area contributed by atoms with Crippen molar-refractivity contribution in [3.8, 4) is 17.5 Å². The Morgan fingerprint density at radius 2 is 1.97 bits per heavy atom. The first kappa shape index (κ1) is 19.8. The number of methoxy groups -OCH3 is 1. The highest BCUT2D eigenvalue weighted by molar-refractivity contribution is 5.90. The molecule has 1 heterocycles. The van der Waals surface area contributed by atoms with Crippen molar-refractivity contribution >= 4 is 17.3 Å². The Hall–Kier alpha value is -3.92. The summed E-state index contributed by atoms with van der Waals surface area (Å²) in [6.45, 7) is 3.73. The van der Waals surface area contributed by atoms with Crippen LogP contribution in [0.5, 0.6) is 5.75 Å². The highest BCUT2D eigenvalue weighted by Gasteiger charge is 2.17. The van der Waals surface area contributed by atoms with Gasteiger partial charge >= 0.3 is 0 Å². The number of hydrogen-bond acceptors (Lipinski definition) is 4. The molecule has 3 rings (SSSR count). The summed E-state index contributed by atoms with van der Waals surface area (Å²) in [6, 6.07) is 14.4. The predicted octanol–water partition coefficient (Wildman–Crippen LogP) is 5.21. The molecule has 0 N–H and O–H groups in total. The molecule has 0 unspecified atom stereocenters. The van der Waals surface area contributed by atoms with Gasteiger partial charge in [0.05, 0.1) is 35.4 Å². The maximum absolute atomic E-state index is 14.1. The van der Waals surface area contributed by atoms with E-state index in [1.807, 2.05) is 24.5 Å². The van der Waals surface area contributed by atoms with Gasteiger partial charge in [0.15, 0.2) is 0 Å². The van der Waals surface area contributed by atoms with Gasteiger partial charge < -0.3 is 9.30 Å². The fraction of sp³-hybridized carbons (Fsp3) is 0.136. The summed E-state index contributed by atoms with van der Waals surface area (Å²) in [5, 5.41) is 20.6. The minimum absolute atomic E-state index is 0.0699. The van der Waals surface area contributed by atoms with Gasteiger partial charge in [0, 0.05) is 23.0 Å². The average molecular weight is 391 g/mol. The fourth-order valence-electron chi connectivity index (χ4n) is 3.27. The first-order chi connectivity index (χ1) is 13.9. The molecule has 0 radical (unpaired) electrons. The molecule has 0 spiro atoms. The van der Waals surface area contributed by atoms with Crippen LogP contribution in [0, 0.1) is 41.1 Å². The Labute approximate surface area is 167 Å². The van der Waals surface area contributed by atoms with Gasteiger partial charge in [-0.3, -0.25) is 10.1 Å². The van der Waals surface area contributed by atoms with E-state index in [4.69, 9.17) is 4.74 Å². The van der Waals surface area contributed by atoms with Crippen molar-refractivity contribution in [1.82, 2.24) is 4.57 Å². The molecule has 1 aromatic heterocycles. The number of halogens is 1. The van der Waals surface area contributed by atoms with E-state index < -0.39 is 10.7 Å². The summed E-state index contributed by atoms with van der Waals surface area (Å²) in [5.74, 6) is -0.114. The summed E-state index contributed by atoms with van der Waals surface area (Å²) in [6.07, 6.45) is 1.63. The number of rotatable bonds is 5. The third kappa shape index (κ3) is 3.73. The third-order valence-electron chi connectivity index (χ3n) is 4.67. The molecule has 0 aliphatic carbocycles. The molecule has 6 nitrogen and oxygen atoms in total. The van der Waals surface area contributed by atoms with Gasteiger partial charge in [-0.15, -0.1) is 0 Å². The topological polar surface area (TPSA) is 81.1 Å². The third-order valence-corrected chi connectivity index (χ3v) is 4.67. The number of allylic oxidation sites excluding steroid dienone is 1. The second kappa shape index (κ2) is 7.98. The standard InChI is InChI=1S/C22H18FN3O3/c1-14-10-16(11-17(13-24)19-6-4-5-7-20(19)23)15(2)25(14)21-9-8-18(26(27)28)12-22(21)29-3/h4-12H,1-3H3. The van der Waals surface area contributed by atoms with Crippen LogP contribution in [0.3, 0.4) is 0 Å². The monoisotopic (exact) mass is 391 g/mol. The first-order valence-corrected chi connectivity index (χ1v) is 8.75. The summed E-state index contributed by atoms with van der Waals surface area (Å²) >= 11 is 0. The lowest BCUT2D eigenvalue weighted by atomic mass is 10.0. The number of non-ortho nitro benzene ring substituents is 1. The van der Waals surface area contributed by atoms with Crippen LogP contribution in [0.25, 0.3) is 17.3 Å². The number of nitrogens with zero attached hydrogens (tertiary/aromatic N) is 3. The molecule has 0 bridgehead atoms. The number of benzene rings is 2. The van der Waals surface area contributed by atoms with Gasteiger partial charge in [-0.1, -0.05) is 18.2 Å². The molecule has 0 fully saturated rings. The highest BCUT2D eigenvalue weighted by atomic mass is 19.1. The smallest absolute Gasteiger partial charge is 0.273 e. The SMILES string of the molecule is COc1cc([N+](=O)[O-])ccc1-n1c(C)cc(C=C(C#N)c2ccccc2F)c1C. The van der Waals surface area contributed by atoms with Crippen molar-refractivity contribution in [2.24, 2.45) is 0 Å². The van der Waals surface area contributed by atoms with Crippen LogP contribution in [-0.2, 0) is 0 Å². The van der Waals surface area contributed by atoms with Gasteiger partial charge in [0.1, 0.15) is 11.6 Å². The van der Waals surface area contributed by atoms with Crippen LogP contribution in [0.1, 0.15) is 22.5 Å². The number of nitro benzene ring substituents is 1. The fourth-order valence-corrected chi connectivity index (χ4v) is 3.27. The van der Waals surface area contributed by atoms with E-state index in [0.29, 0.717) is 11.4 Å². The second-order valence-corrected chi connectivity index (χ2v) is 6.42. The Morgan fingerprint density at radius 3 is 2.59 bits per heavy atom. The van der Waals surface area contributed by atoms with Crippen molar-refractivity contribution in [3.05, 3.63) is 87.0 Å². The van der Waals surface area contributed by atoms with E-state index in [0.717, 1.165) is 17.0 Å². The normalized spacial score (nSPS) is 11.2. The zero-order valence-electron chi connectivity index (χ0n) is 16.1. The van der Waals surface area contributed by atoms with Gasteiger partial charge in [-0.25, -0.2) is 4.39 Å². The van der Waals surface area contributed by atoms with Crippen LogP contribution in [0.15, 0.2) is 48.5 Å². The van der Waals surface area contributed by atoms with Crippen molar-refractivity contribution in [1.29, 1.82) is 5.26 Å². The van der Waals surface area contributed by atoms with E-state index in [9.17, 15) is 19.8 Å². The number of ether oxygens (including phenoxy) is 1. The maximum Gasteiger partial charge on any atom is 0.273 e. The van der Waals surface area contributed by atoms with Gasteiger partial charge in [0.25, 0.3) is 5.69 Å². The Bertz CT molecular complexity index is 1170. The van der Waals surface area contributed by atoms with Crippen LogP contribution in [-0.4, -0.2) is 16.6 Å². The van der Waals surface area contributed by atoms with Crippen molar-refractivity contribution < 1.29 is 14.1 Å². The van der Waals surface area contributed by atoms with Crippen LogP contribution >= 0.6 is 0 Å². The molecule has 7 heteroatoms. The lowest BCUT2D eigenvalue weighted by Crippen LogP contribution is -2.03. The molecule has 0 atom stereocenters. The minimum atomic E-state index is -0.483. The van der Waals surface area contributed by atoms with Crippen molar-refractivity contribution in [2.45, 2.75) is 13.8 Å². The molecular formula is C22H18FN3O3. The largest absolute Gasteiger partial charge is 0.494 e. The van der Waals surface area contributed by atoms with Gasteiger partial charge in [-0.05, 0) is 43.7 Å². The molecule has 2 aromatic carbocycles. The number of hydrogen-bond donors (Lipinski definition) is 0. The van der Waals surface area contributed by atoms with Crippen LogP contribution < -0.4 is 4.74 Å². The molecular weight excluding hydrogens is 373 g/mol. The summed E-state index contributed by atoms with van der Waals surface area (Å²) in [7, 11) is 1.45. The second-order valence-electron chi connectivity index (χ2n) is 6.42. The van der Waals surface area contributed by atoms with E-state index in [2.05, 4.69) is 6.07 Å². The van der Waals surface area contributed by atoms with Crippen molar-refractivity contribution in [3.63, 3.8) is 0 Å². The van der Waals surface area contributed by atoms with E-state index in [1.165, 1.54) is 25.3 Å². The average Bonchev–Trinajstić information content (AvgIpc) is 2.99. The molecule has 0 aliphatic heterocycles. The number of nitro groups is 1. The van der Waals surface area contributed by atoms with Crippen LogP contribution in [0.4, 0.5) is 10.1 Å². The minimum Gasteiger partial charge on any atom is -0.494 e. The molecule has 0 saturated carbocycles. The van der Waals surface area contributed by atoms with Crippen LogP contribution in [0.2, 0.25) is 0 Å². The molecule has 146 valence electrons. The highest BCUT2D eigenvalue weighted by Crippen LogP contribution is 2.32. The quantitative estimate of drug-likeness (QED) is 0.339. The molecule has 0 amide bonds. The Balaban J connectivity index is 2.14. The Kier molecular flexibility index (Phi) is 5.46. The van der Waals surface area contributed by atoms with Gasteiger partial charge in [-0.2, -0.15) is 5.26 Å². The van der Waals surface area contributed by atoms with E-state index in [-0.39, 0.29) is 16.8 Å². The number of aryl methyl sites for hydroxylation is 1. The van der Waals surface area contributed by atoms with Gasteiger partial charge in [0.2, 0.25) is 0 Å². The lowest BCUT2D eigenvalue weighted by Gasteiger charge is -2.14. The van der Waals surface area contributed by atoms with Crippen molar-refractivity contribution in [2.75, 3.05) is 7.11 Å². The molecule has 3 aromatic rings. The number of nitriles is 1. The Morgan fingerprint density at radius 1 is 1.24 bits per heavy atom. The zero-order valence-corrected chi connectivity index (χ0v) is 16.1. The molecule has 29 heavy (non-hydrogen) atoms. The summed E-state index contributed by atoms with van der Waals surface area (Å²) < 4.78 is 21.3. The zero-order chi connectivity index (χ0) is 21.1. The van der Waals surface area contributed by atoms with E-state index in [1.54, 1.807) is 30.3 Å².